The highest BCUT2D eigenvalue weighted by Gasteiger charge is 2.43. The van der Waals surface area contributed by atoms with Gasteiger partial charge < -0.3 is 20.5 Å². The summed E-state index contributed by atoms with van der Waals surface area (Å²) in [5, 5.41) is 14.5. The fourth-order valence-corrected chi connectivity index (χ4v) is 2.18. The highest BCUT2D eigenvalue weighted by molar-refractivity contribution is 5.92. The first-order valence-corrected chi connectivity index (χ1v) is 6.69. The van der Waals surface area contributed by atoms with Gasteiger partial charge in [-0.15, -0.1) is 0 Å². The van der Waals surface area contributed by atoms with Crippen molar-refractivity contribution in [3.63, 3.8) is 0 Å². The van der Waals surface area contributed by atoms with E-state index in [0.29, 0.717) is 13.2 Å². The standard InChI is InChI=1S/C13H22N2O5/c1-8(2)10(14-9(3)16)11(17)15-13(12(18)19)4-6-20-7-5-13/h8,10H,4-7H2,1-3H3,(H,14,16)(H,15,17)(H,18,19). The highest BCUT2D eigenvalue weighted by atomic mass is 16.5. The predicted molar refractivity (Wildman–Crippen MR) is 71.0 cm³/mol. The van der Waals surface area contributed by atoms with Gasteiger partial charge in [-0.3, -0.25) is 9.59 Å². The summed E-state index contributed by atoms with van der Waals surface area (Å²) < 4.78 is 5.14. The van der Waals surface area contributed by atoms with E-state index >= 15 is 0 Å². The second-order valence-corrected chi connectivity index (χ2v) is 5.41. The monoisotopic (exact) mass is 286 g/mol. The molecule has 1 fully saturated rings. The molecule has 20 heavy (non-hydrogen) atoms. The number of ether oxygens (including phenoxy) is 1. The minimum Gasteiger partial charge on any atom is -0.480 e. The molecule has 1 aliphatic rings. The zero-order valence-corrected chi connectivity index (χ0v) is 12.1. The first-order chi connectivity index (χ1) is 9.28. The van der Waals surface area contributed by atoms with Crippen molar-refractivity contribution in [1.29, 1.82) is 0 Å². The average molecular weight is 286 g/mol. The molecule has 0 radical (unpaired) electrons. The highest BCUT2D eigenvalue weighted by Crippen LogP contribution is 2.21. The van der Waals surface area contributed by atoms with Gasteiger partial charge in [-0.25, -0.2) is 4.79 Å². The summed E-state index contributed by atoms with van der Waals surface area (Å²) in [6.45, 7) is 5.48. The largest absolute Gasteiger partial charge is 0.480 e. The number of amides is 2. The lowest BCUT2D eigenvalue weighted by Crippen LogP contribution is -2.62. The number of nitrogens with one attached hydrogen (secondary N) is 2. The molecule has 0 aromatic heterocycles. The van der Waals surface area contributed by atoms with E-state index in [-0.39, 0.29) is 24.7 Å². The number of hydrogen-bond acceptors (Lipinski definition) is 4. The molecule has 1 heterocycles. The van der Waals surface area contributed by atoms with Crippen LogP contribution in [0.2, 0.25) is 0 Å². The lowest BCUT2D eigenvalue weighted by atomic mass is 9.89. The number of carboxylic acids is 1. The Morgan fingerprint density at radius 3 is 2.15 bits per heavy atom. The van der Waals surface area contributed by atoms with E-state index in [9.17, 15) is 19.5 Å². The van der Waals surface area contributed by atoms with Gasteiger partial charge in [0.25, 0.3) is 0 Å². The summed E-state index contributed by atoms with van der Waals surface area (Å²) >= 11 is 0. The lowest BCUT2D eigenvalue weighted by Gasteiger charge is -2.35. The number of carbonyl (C=O) groups excluding carboxylic acids is 2. The lowest BCUT2D eigenvalue weighted by molar-refractivity contribution is -0.152. The number of carboxylic acid groups (broad SMARTS) is 1. The van der Waals surface area contributed by atoms with Crippen LogP contribution < -0.4 is 10.6 Å². The normalized spacial score (nSPS) is 19.2. The van der Waals surface area contributed by atoms with Gasteiger partial charge in [-0.05, 0) is 5.92 Å². The van der Waals surface area contributed by atoms with Crippen molar-refractivity contribution in [2.45, 2.75) is 45.2 Å². The molecule has 7 heteroatoms. The Labute approximate surface area is 118 Å². The third-order valence-electron chi connectivity index (χ3n) is 3.43. The first kappa shape index (κ1) is 16.4. The van der Waals surface area contributed by atoms with Crippen LogP contribution >= 0.6 is 0 Å². The fourth-order valence-electron chi connectivity index (χ4n) is 2.18. The Bertz CT molecular complexity index is 388. The summed E-state index contributed by atoms with van der Waals surface area (Å²) in [5.74, 6) is -2.00. The Kier molecular flexibility index (Phi) is 5.50. The van der Waals surface area contributed by atoms with Crippen molar-refractivity contribution in [1.82, 2.24) is 10.6 Å². The van der Waals surface area contributed by atoms with Crippen LogP contribution in [0.3, 0.4) is 0 Å². The second-order valence-electron chi connectivity index (χ2n) is 5.41. The molecular formula is C13H22N2O5. The minimum atomic E-state index is -1.30. The molecule has 3 N–H and O–H groups in total. The van der Waals surface area contributed by atoms with Crippen LogP contribution in [0.5, 0.6) is 0 Å². The fraction of sp³-hybridized carbons (Fsp3) is 0.769. The SMILES string of the molecule is CC(=O)NC(C(=O)NC1(C(=O)O)CCOCC1)C(C)C. The van der Waals surface area contributed by atoms with Crippen molar-refractivity contribution in [3.05, 3.63) is 0 Å². The van der Waals surface area contributed by atoms with E-state index in [1.165, 1.54) is 6.92 Å². The van der Waals surface area contributed by atoms with Crippen molar-refractivity contribution in [3.8, 4) is 0 Å². The summed E-state index contributed by atoms with van der Waals surface area (Å²) in [6.07, 6.45) is 0.442. The topological polar surface area (TPSA) is 105 Å². The van der Waals surface area contributed by atoms with Crippen molar-refractivity contribution in [2.75, 3.05) is 13.2 Å². The summed E-state index contributed by atoms with van der Waals surface area (Å²) in [4.78, 5) is 34.9. The summed E-state index contributed by atoms with van der Waals surface area (Å²) in [6, 6.07) is -0.744. The number of aliphatic carboxylic acids is 1. The summed E-state index contributed by atoms with van der Waals surface area (Å²) in [5.41, 5.74) is -1.30. The third kappa shape index (κ3) is 3.93. The zero-order valence-electron chi connectivity index (χ0n) is 12.1. The molecule has 0 aromatic rings. The van der Waals surface area contributed by atoms with Crippen molar-refractivity contribution in [2.24, 2.45) is 5.92 Å². The van der Waals surface area contributed by atoms with Crippen LogP contribution in [0.1, 0.15) is 33.6 Å². The average Bonchev–Trinajstić information content (AvgIpc) is 2.36. The maximum absolute atomic E-state index is 12.3. The first-order valence-electron chi connectivity index (χ1n) is 6.69. The van der Waals surface area contributed by atoms with Crippen LogP contribution in [0.15, 0.2) is 0 Å². The number of rotatable bonds is 5. The quantitative estimate of drug-likeness (QED) is 0.654. The van der Waals surface area contributed by atoms with Gasteiger partial charge >= 0.3 is 5.97 Å². The Morgan fingerprint density at radius 2 is 1.75 bits per heavy atom. The molecule has 2 amide bonds. The van der Waals surface area contributed by atoms with Crippen molar-refractivity contribution >= 4 is 17.8 Å². The Hall–Kier alpha value is -1.63. The Morgan fingerprint density at radius 1 is 1.20 bits per heavy atom. The van der Waals surface area contributed by atoms with Crippen LogP contribution in [-0.2, 0) is 19.1 Å². The van der Waals surface area contributed by atoms with Gasteiger partial charge in [-0.1, -0.05) is 13.8 Å². The molecule has 1 rings (SSSR count). The maximum atomic E-state index is 12.3. The van der Waals surface area contributed by atoms with E-state index in [2.05, 4.69) is 10.6 Å². The van der Waals surface area contributed by atoms with Gasteiger partial charge in [-0.2, -0.15) is 0 Å². The van der Waals surface area contributed by atoms with E-state index in [4.69, 9.17) is 4.74 Å². The van der Waals surface area contributed by atoms with E-state index in [0.717, 1.165) is 0 Å². The van der Waals surface area contributed by atoms with Crippen LogP contribution in [0.25, 0.3) is 0 Å². The number of carbonyl (C=O) groups is 3. The molecule has 114 valence electrons. The van der Waals surface area contributed by atoms with Gasteiger partial charge in [0.2, 0.25) is 11.8 Å². The molecule has 0 bridgehead atoms. The van der Waals surface area contributed by atoms with Crippen molar-refractivity contribution < 1.29 is 24.2 Å². The molecule has 1 unspecified atom stereocenters. The second kappa shape index (κ2) is 6.69. The molecule has 1 aliphatic heterocycles. The van der Waals surface area contributed by atoms with E-state index in [1.807, 2.05) is 0 Å². The smallest absolute Gasteiger partial charge is 0.329 e. The molecule has 0 aromatic carbocycles. The van der Waals surface area contributed by atoms with E-state index < -0.39 is 23.5 Å². The van der Waals surface area contributed by atoms with Gasteiger partial charge in [0.1, 0.15) is 11.6 Å². The van der Waals surface area contributed by atoms with Gasteiger partial charge in [0.05, 0.1) is 0 Å². The minimum absolute atomic E-state index is 0.135. The van der Waals surface area contributed by atoms with Crippen LogP contribution in [0, 0.1) is 5.92 Å². The maximum Gasteiger partial charge on any atom is 0.329 e. The van der Waals surface area contributed by atoms with Gasteiger partial charge in [0, 0.05) is 33.0 Å². The number of hydrogen-bond donors (Lipinski definition) is 3. The van der Waals surface area contributed by atoms with Crippen LogP contribution in [0.4, 0.5) is 0 Å². The third-order valence-corrected chi connectivity index (χ3v) is 3.43. The molecule has 1 atom stereocenters. The molecule has 0 spiro atoms. The summed E-state index contributed by atoms with van der Waals surface area (Å²) in [7, 11) is 0. The van der Waals surface area contributed by atoms with Crippen LogP contribution in [-0.4, -0.2) is 47.7 Å². The van der Waals surface area contributed by atoms with Gasteiger partial charge in [0.15, 0.2) is 0 Å². The molecule has 0 saturated carbocycles. The predicted octanol–water partition coefficient (Wildman–Crippen LogP) is -0.103. The van der Waals surface area contributed by atoms with E-state index in [1.54, 1.807) is 13.8 Å². The molecule has 1 saturated heterocycles. The molecule has 0 aliphatic carbocycles. The molecule has 7 nitrogen and oxygen atoms in total. The zero-order chi connectivity index (χ0) is 15.3. The molecular weight excluding hydrogens is 264 g/mol. The Balaban J connectivity index is 2.83.